The molecule has 0 saturated carbocycles. The molecule has 1 aliphatic heterocycles. The van der Waals surface area contributed by atoms with Crippen molar-refractivity contribution in [1.82, 2.24) is 15.1 Å². The molecule has 2 aromatic rings. The number of rotatable bonds is 3. The van der Waals surface area contributed by atoms with Crippen molar-refractivity contribution in [3.05, 3.63) is 41.8 Å². The lowest BCUT2D eigenvalue weighted by atomic mass is 10.1. The second-order valence-electron chi connectivity index (χ2n) is 5.17. The zero-order chi connectivity index (χ0) is 15.7. The SMILES string of the molecule is O=C(O)[C@@H]1CCCN1C(=O)c1cc(-c2ccc(F)cc2)n[nH]1. The molecular weight excluding hydrogens is 289 g/mol. The van der Waals surface area contributed by atoms with E-state index in [1.165, 1.54) is 17.0 Å². The number of benzene rings is 1. The number of carbonyl (C=O) groups excluding carboxylic acids is 1. The number of likely N-dealkylation sites (tertiary alicyclic amines) is 1. The van der Waals surface area contributed by atoms with Gasteiger partial charge in [0.15, 0.2) is 0 Å². The van der Waals surface area contributed by atoms with E-state index in [9.17, 15) is 14.0 Å². The van der Waals surface area contributed by atoms with Crippen LogP contribution >= 0.6 is 0 Å². The van der Waals surface area contributed by atoms with Crippen LogP contribution in [0.3, 0.4) is 0 Å². The molecule has 6 nitrogen and oxygen atoms in total. The fourth-order valence-corrected chi connectivity index (χ4v) is 2.62. The number of nitrogens with zero attached hydrogens (tertiary/aromatic N) is 2. The molecule has 0 radical (unpaired) electrons. The maximum atomic E-state index is 12.9. The van der Waals surface area contributed by atoms with Gasteiger partial charge in [-0.2, -0.15) is 5.10 Å². The molecule has 1 fully saturated rings. The number of hydrogen-bond donors (Lipinski definition) is 2. The van der Waals surface area contributed by atoms with Gasteiger partial charge >= 0.3 is 5.97 Å². The molecule has 2 N–H and O–H groups in total. The molecule has 22 heavy (non-hydrogen) atoms. The minimum atomic E-state index is -0.996. The van der Waals surface area contributed by atoms with Gasteiger partial charge in [0.1, 0.15) is 17.6 Å². The number of carboxylic acid groups (broad SMARTS) is 1. The van der Waals surface area contributed by atoms with Crippen LogP contribution in [0.15, 0.2) is 30.3 Å². The topological polar surface area (TPSA) is 86.3 Å². The Morgan fingerprint density at radius 1 is 1.32 bits per heavy atom. The molecule has 114 valence electrons. The number of aliphatic carboxylic acids is 1. The smallest absolute Gasteiger partial charge is 0.326 e. The van der Waals surface area contributed by atoms with Gasteiger partial charge in [-0.05, 0) is 43.2 Å². The van der Waals surface area contributed by atoms with Crippen molar-refractivity contribution >= 4 is 11.9 Å². The summed E-state index contributed by atoms with van der Waals surface area (Å²) < 4.78 is 12.9. The van der Waals surface area contributed by atoms with Crippen molar-refractivity contribution < 1.29 is 19.1 Å². The molecule has 0 aliphatic carbocycles. The average molecular weight is 303 g/mol. The van der Waals surface area contributed by atoms with Gasteiger partial charge in [0, 0.05) is 12.1 Å². The standard InChI is InChI=1S/C15H14FN3O3/c16-10-5-3-9(4-6-10)11-8-12(18-17-11)14(20)19-7-1-2-13(19)15(21)22/h3-6,8,13H,1-2,7H2,(H,17,18)(H,21,22)/t13-/m0/s1. The Bertz CT molecular complexity index is 711. The Morgan fingerprint density at radius 2 is 2.05 bits per heavy atom. The van der Waals surface area contributed by atoms with Crippen molar-refractivity contribution in [2.24, 2.45) is 0 Å². The van der Waals surface area contributed by atoms with E-state index in [0.717, 1.165) is 0 Å². The van der Waals surface area contributed by atoms with Gasteiger partial charge in [-0.25, -0.2) is 9.18 Å². The monoisotopic (exact) mass is 303 g/mol. The average Bonchev–Trinajstić information content (AvgIpc) is 3.17. The predicted octanol–water partition coefficient (Wildman–Crippen LogP) is 1.90. The molecule has 1 aromatic carbocycles. The Kier molecular flexibility index (Phi) is 3.62. The van der Waals surface area contributed by atoms with E-state index in [1.54, 1.807) is 18.2 Å². The van der Waals surface area contributed by atoms with Crippen molar-refractivity contribution in [3.63, 3.8) is 0 Å². The number of halogens is 1. The van der Waals surface area contributed by atoms with Gasteiger partial charge in [0.25, 0.3) is 5.91 Å². The van der Waals surface area contributed by atoms with Crippen LogP contribution in [0.4, 0.5) is 4.39 Å². The maximum absolute atomic E-state index is 12.9. The highest BCUT2D eigenvalue weighted by Gasteiger charge is 2.35. The van der Waals surface area contributed by atoms with E-state index in [0.29, 0.717) is 30.6 Å². The summed E-state index contributed by atoms with van der Waals surface area (Å²) in [6, 6.07) is 6.52. The summed E-state index contributed by atoms with van der Waals surface area (Å²) in [6.45, 7) is 0.417. The van der Waals surface area contributed by atoms with E-state index in [1.807, 2.05) is 0 Å². The van der Waals surface area contributed by atoms with Crippen LogP contribution in [-0.4, -0.2) is 44.7 Å². The molecule has 3 rings (SSSR count). The Balaban J connectivity index is 1.82. The van der Waals surface area contributed by atoms with Crippen molar-refractivity contribution in [3.8, 4) is 11.3 Å². The largest absolute Gasteiger partial charge is 0.480 e. The van der Waals surface area contributed by atoms with Crippen LogP contribution in [-0.2, 0) is 4.79 Å². The lowest BCUT2D eigenvalue weighted by molar-refractivity contribution is -0.141. The molecule has 0 spiro atoms. The molecule has 2 heterocycles. The first-order valence-corrected chi connectivity index (χ1v) is 6.91. The summed E-state index contributed by atoms with van der Waals surface area (Å²) in [7, 11) is 0. The summed E-state index contributed by atoms with van der Waals surface area (Å²) in [4.78, 5) is 24.9. The normalized spacial score (nSPS) is 17.7. The van der Waals surface area contributed by atoms with Gasteiger partial charge in [0.2, 0.25) is 0 Å². The second kappa shape index (κ2) is 5.59. The molecular formula is C15H14FN3O3. The minimum absolute atomic E-state index is 0.229. The first-order valence-electron chi connectivity index (χ1n) is 6.91. The lowest BCUT2D eigenvalue weighted by Gasteiger charge is -2.20. The first kappa shape index (κ1) is 14.2. The summed E-state index contributed by atoms with van der Waals surface area (Å²) in [5, 5.41) is 15.8. The number of hydrogen-bond acceptors (Lipinski definition) is 3. The predicted molar refractivity (Wildman–Crippen MR) is 75.7 cm³/mol. The summed E-state index contributed by atoms with van der Waals surface area (Å²) in [6.07, 6.45) is 1.13. The highest BCUT2D eigenvalue weighted by atomic mass is 19.1. The van der Waals surface area contributed by atoms with Crippen molar-refractivity contribution in [2.75, 3.05) is 6.54 Å². The molecule has 1 atom stereocenters. The van der Waals surface area contributed by atoms with E-state index < -0.39 is 12.0 Å². The Morgan fingerprint density at radius 3 is 2.73 bits per heavy atom. The number of carboxylic acids is 1. The summed E-state index contributed by atoms with van der Waals surface area (Å²) in [5.74, 6) is -1.73. The highest BCUT2D eigenvalue weighted by molar-refractivity contribution is 5.96. The Hall–Kier alpha value is -2.70. The summed E-state index contributed by atoms with van der Waals surface area (Å²) in [5.41, 5.74) is 1.41. The highest BCUT2D eigenvalue weighted by Crippen LogP contribution is 2.22. The number of aromatic amines is 1. The fourth-order valence-electron chi connectivity index (χ4n) is 2.62. The summed E-state index contributed by atoms with van der Waals surface area (Å²) >= 11 is 0. The molecule has 7 heteroatoms. The second-order valence-corrected chi connectivity index (χ2v) is 5.17. The fraction of sp³-hybridized carbons (Fsp3) is 0.267. The zero-order valence-electron chi connectivity index (χ0n) is 11.6. The third-order valence-corrected chi connectivity index (χ3v) is 3.75. The minimum Gasteiger partial charge on any atom is -0.480 e. The molecule has 1 saturated heterocycles. The molecule has 1 aromatic heterocycles. The molecule has 1 amide bonds. The molecule has 0 bridgehead atoms. The van der Waals surface area contributed by atoms with Crippen molar-refractivity contribution in [2.45, 2.75) is 18.9 Å². The van der Waals surface area contributed by atoms with Crippen LogP contribution in [0, 0.1) is 5.82 Å². The van der Waals surface area contributed by atoms with Gasteiger partial charge in [-0.15, -0.1) is 0 Å². The van der Waals surface area contributed by atoms with Crippen LogP contribution in [0.5, 0.6) is 0 Å². The quantitative estimate of drug-likeness (QED) is 0.906. The van der Waals surface area contributed by atoms with Crippen LogP contribution < -0.4 is 0 Å². The molecule has 1 aliphatic rings. The van der Waals surface area contributed by atoms with Crippen LogP contribution in [0.2, 0.25) is 0 Å². The van der Waals surface area contributed by atoms with Gasteiger partial charge in [-0.3, -0.25) is 9.89 Å². The first-order chi connectivity index (χ1) is 10.6. The number of H-pyrrole nitrogens is 1. The van der Waals surface area contributed by atoms with E-state index in [4.69, 9.17) is 5.11 Å². The third-order valence-electron chi connectivity index (χ3n) is 3.75. The third kappa shape index (κ3) is 2.57. The zero-order valence-corrected chi connectivity index (χ0v) is 11.6. The van der Waals surface area contributed by atoms with Gasteiger partial charge < -0.3 is 10.0 Å². The van der Waals surface area contributed by atoms with Crippen LogP contribution in [0.25, 0.3) is 11.3 Å². The Labute approximate surface area is 125 Å². The number of nitrogens with one attached hydrogen (secondary N) is 1. The van der Waals surface area contributed by atoms with E-state index in [-0.39, 0.29) is 17.4 Å². The van der Waals surface area contributed by atoms with Gasteiger partial charge in [0.05, 0.1) is 5.69 Å². The lowest BCUT2D eigenvalue weighted by Crippen LogP contribution is -2.40. The van der Waals surface area contributed by atoms with E-state index in [2.05, 4.69) is 10.2 Å². The molecule has 0 unspecified atom stereocenters. The van der Waals surface area contributed by atoms with Crippen molar-refractivity contribution in [1.29, 1.82) is 0 Å². The van der Waals surface area contributed by atoms with Gasteiger partial charge in [-0.1, -0.05) is 0 Å². The van der Waals surface area contributed by atoms with E-state index >= 15 is 0 Å². The number of amides is 1. The maximum Gasteiger partial charge on any atom is 0.326 e. The van der Waals surface area contributed by atoms with Crippen LogP contribution in [0.1, 0.15) is 23.3 Å². The number of carbonyl (C=O) groups is 2. The number of aromatic nitrogens is 2.